The number of ether oxygens (including phenoxy) is 2. The number of nitrogens with zero attached hydrogens (tertiary/aromatic N) is 1. The molecular weight excluding hydrogens is 402 g/mol. The van der Waals surface area contributed by atoms with Crippen molar-refractivity contribution in [1.82, 2.24) is 0 Å². The van der Waals surface area contributed by atoms with Crippen molar-refractivity contribution in [2.45, 2.75) is 13.0 Å². The van der Waals surface area contributed by atoms with Gasteiger partial charge in [0.1, 0.15) is 5.75 Å². The van der Waals surface area contributed by atoms with E-state index in [4.69, 9.17) is 21.1 Å². The lowest BCUT2D eigenvalue weighted by Gasteiger charge is -2.15. The molecule has 0 fully saturated rings. The standard InChI is InChI=1S/C17H13ClF2N2O6/c1-8(28-17(24)10-6-12(19)13(20)7-11(10)18)16(23)21-14-5-9(22(25)26)3-4-15(14)27-2/h3-8H,1-2H3,(H,21,23)/t8-/m0/s1. The lowest BCUT2D eigenvalue weighted by Crippen LogP contribution is -2.30. The molecule has 1 amide bonds. The molecule has 0 aliphatic rings. The van der Waals surface area contributed by atoms with Crippen LogP contribution in [0.25, 0.3) is 0 Å². The van der Waals surface area contributed by atoms with E-state index in [2.05, 4.69) is 5.32 Å². The first-order valence-electron chi connectivity index (χ1n) is 7.62. The zero-order valence-corrected chi connectivity index (χ0v) is 15.3. The van der Waals surface area contributed by atoms with Gasteiger partial charge in [-0.2, -0.15) is 0 Å². The fourth-order valence-electron chi connectivity index (χ4n) is 2.10. The summed E-state index contributed by atoms with van der Waals surface area (Å²) in [4.78, 5) is 34.5. The van der Waals surface area contributed by atoms with Gasteiger partial charge in [-0.3, -0.25) is 14.9 Å². The van der Waals surface area contributed by atoms with Gasteiger partial charge in [0, 0.05) is 12.1 Å². The summed E-state index contributed by atoms with van der Waals surface area (Å²) in [6, 6.07) is 4.69. The summed E-state index contributed by atoms with van der Waals surface area (Å²) in [7, 11) is 1.30. The molecule has 0 aliphatic carbocycles. The monoisotopic (exact) mass is 414 g/mol. The van der Waals surface area contributed by atoms with Crippen LogP contribution in [0.4, 0.5) is 20.2 Å². The second-order valence-corrected chi connectivity index (χ2v) is 5.83. The Morgan fingerprint density at radius 1 is 1.21 bits per heavy atom. The highest BCUT2D eigenvalue weighted by Gasteiger charge is 2.23. The average Bonchev–Trinajstić information content (AvgIpc) is 2.64. The van der Waals surface area contributed by atoms with E-state index in [0.29, 0.717) is 12.1 Å². The number of rotatable bonds is 6. The Balaban J connectivity index is 2.15. The Morgan fingerprint density at radius 2 is 1.86 bits per heavy atom. The fraction of sp³-hybridized carbons (Fsp3) is 0.176. The number of anilines is 1. The smallest absolute Gasteiger partial charge is 0.340 e. The van der Waals surface area contributed by atoms with E-state index in [-0.39, 0.29) is 17.1 Å². The third kappa shape index (κ3) is 4.71. The van der Waals surface area contributed by atoms with Crippen LogP contribution in [0, 0.1) is 21.7 Å². The van der Waals surface area contributed by atoms with Gasteiger partial charge in [-0.1, -0.05) is 11.6 Å². The predicted octanol–water partition coefficient (Wildman–Crippen LogP) is 3.72. The third-order valence-corrected chi connectivity index (χ3v) is 3.85. The number of carbonyl (C=O) groups is 2. The number of nitro benzene ring substituents is 1. The van der Waals surface area contributed by atoms with Crippen molar-refractivity contribution in [2.24, 2.45) is 0 Å². The number of esters is 1. The van der Waals surface area contributed by atoms with Crippen molar-refractivity contribution in [2.75, 3.05) is 12.4 Å². The molecule has 1 atom stereocenters. The van der Waals surface area contributed by atoms with E-state index in [1.54, 1.807) is 0 Å². The summed E-state index contributed by atoms with van der Waals surface area (Å²) in [5.41, 5.74) is -0.780. The zero-order valence-electron chi connectivity index (χ0n) is 14.5. The molecule has 2 aromatic rings. The van der Waals surface area contributed by atoms with Gasteiger partial charge in [-0.15, -0.1) is 0 Å². The van der Waals surface area contributed by atoms with E-state index >= 15 is 0 Å². The molecule has 0 radical (unpaired) electrons. The molecule has 1 N–H and O–H groups in total. The van der Waals surface area contributed by atoms with Crippen LogP contribution in [-0.4, -0.2) is 30.0 Å². The summed E-state index contributed by atoms with van der Waals surface area (Å²) < 4.78 is 36.3. The maximum Gasteiger partial charge on any atom is 0.340 e. The predicted molar refractivity (Wildman–Crippen MR) is 94.5 cm³/mol. The number of non-ortho nitro benzene ring substituents is 1. The minimum absolute atomic E-state index is 0.0181. The summed E-state index contributed by atoms with van der Waals surface area (Å²) in [6.45, 7) is 1.21. The van der Waals surface area contributed by atoms with Gasteiger partial charge in [-0.05, 0) is 25.1 Å². The Bertz CT molecular complexity index is 953. The number of halogens is 3. The molecule has 0 saturated carbocycles. The maximum atomic E-state index is 13.3. The van der Waals surface area contributed by atoms with Crippen molar-refractivity contribution >= 4 is 34.9 Å². The molecule has 0 spiro atoms. The molecule has 148 valence electrons. The largest absolute Gasteiger partial charge is 0.495 e. The molecule has 2 rings (SSSR count). The number of nitro groups is 1. The van der Waals surface area contributed by atoms with E-state index < -0.39 is 45.1 Å². The van der Waals surface area contributed by atoms with Gasteiger partial charge in [0.25, 0.3) is 11.6 Å². The second-order valence-electron chi connectivity index (χ2n) is 5.42. The summed E-state index contributed by atoms with van der Waals surface area (Å²) >= 11 is 5.69. The number of nitrogens with one attached hydrogen (secondary N) is 1. The van der Waals surface area contributed by atoms with Crippen molar-refractivity contribution in [3.8, 4) is 5.75 Å². The highest BCUT2D eigenvalue weighted by atomic mass is 35.5. The fourth-order valence-corrected chi connectivity index (χ4v) is 2.33. The molecule has 0 aliphatic heterocycles. The first-order chi connectivity index (χ1) is 13.1. The van der Waals surface area contributed by atoms with Crippen LogP contribution < -0.4 is 10.1 Å². The molecule has 2 aromatic carbocycles. The summed E-state index contributed by atoms with van der Waals surface area (Å²) in [5.74, 6) is -4.41. The number of hydrogen-bond acceptors (Lipinski definition) is 6. The van der Waals surface area contributed by atoms with Crippen LogP contribution in [0.15, 0.2) is 30.3 Å². The topological polar surface area (TPSA) is 108 Å². The number of methoxy groups -OCH3 is 1. The van der Waals surface area contributed by atoms with Crippen LogP contribution in [0.5, 0.6) is 5.75 Å². The SMILES string of the molecule is COc1ccc([N+](=O)[O-])cc1NC(=O)[C@H](C)OC(=O)c1cc(F)c(F)cc1Cl. The molecule has 0 saturated heterocycles. The van der Waals surface area contributed by atoms with Crippen LogP contribution >= 0.6 is 11.6 Å². The van der Waals surface area contributed by atoms with E-state index in [1.165, 1.54) is 26.2 Å². The van der Waals surface area contributed by atoms with Crippen molar-refractivity contribution in [1.29, 1.82) is 0 Å². The molecule has 8 nitrogen and oxygen atoms in total. The Kier molecular flexibility index (Phi) is 6.47. The van der Waals surface area contributed by atoms with Gasteiger partial charge < -0.3 is 14.8 Å². The average molecular weight is 415 g/mol. The first-order valence-corrected chi connectivity index (χ1v) is 8.00. The summed E-state index contributed by atoms with van der Waals surface area (Å²) in [6.07, 6.45) is -1.39. The van der Waals surface area contributed by atoms with Crippen molar-refractivity contribution in [3.63, 3.8) is 0 Å². The third-order valence-electron chi connectivity index (χ3n) is 3.53. The molecule has 0 aromatic heterocycles. The minimum Gasteiger partial charge on any atom is -0.495 e. The Hall–Kier alpha value is -3.27. The summed E-state index contributed by atoms with van der Waals surface area (Å²) in [5, 5.41) is 12.8. The lowest BCUT2D eigenvalue weighted by molar-refractivity contribution is -0.384. The van der Waals surface area contributed by atoms with Crippen molar-refractivity contribution in [3.05, 3.63) is 62.7 Å². The zero-order chi connectivity index (χ0) is 21.0. The van der Waals surface area contributed by atoms with Gasteiger partial charge in [0.05, 0.1) is 28.3 Å². The number of amides is 1. The van der Waals surface area contributed by atoms with Gasteiger partial charge >= 0.3 is 5.97 Å². The van der Waals surface area contributed by atoms with Gasteiger partial charge in [0.2, 0.25) is 0 Å². The molecule has 11 heteroatoms. The molecule has 0 unspecified atom stereocenters. The molecule has 0 heterocycles. The van der Waals surface area contributed by atoms with Gasteiger partial charge in [0.15, 0.2) is 17.7 Å². The van der Waals surface area contributed by atoms with Crippen LogP contribution in [0.1, 0.15) is 17.3 Å². The minimum atomic E-state index is -1.39. The second kappa shape index (κ2) is 8.61. The number of carbonyl (C=O) groups excluding carboxylic acids is 2. The molecule has 28 heavy (non-hydrogen) atoms. The van der Waals surface area contributed by atoms with Crippen LogP contribution in [0.2, 0.25) is 5.02 Å². The van der Waals surface area contributed by atoms with Crippen LogP contribution in [0.3, 0.4) is 0 Å². The molecule has 0 bridgehead atoms. The Labute approximate surface area is 162 Å². The lowest BCUT2D eigenvalue weighted by atomic mass is 10.2. The van der Waals surface area contributed by atoms with E-state index in [9.17, 15) is 28.5 Å². The van der Waals surface area contributed by atoms with Gasteiger partial charge in [-0.25, -0.2) is 13.6 Å². The van der Waals surface area contributed by atoms with E-state index in [0.717, 1.165) is 6.07 Å². The number of benzene rings is 2. The quantitative estimate of drug-likeness (QED) is 0.334. The molecular formula is C17H13ClF2N2O6. The first kappa shape index (κ1) is 21.0. The maximum absolute atomic E-state index is 13.3. The highest BCUT2D eigenvalue weighted by Crippen LogP contribution is 2.29. The number of hydrogen-bond donors (Lipinski definition) is 1. The Morgan fingerprint density at radius 3 is 2.46 bits per heavy atom. The normalized spacial score (nSPS) is 11.5. The highest BCUT2D eigenvalue weighted by molar-refractivity contribution is 6.33. The van der Waals surface area contributed by atoms with E-state index in [1.807, 2.05) is 0 Å². The van der Waals surface area contributed by atoms with Crippen molar-refractivity contribution < 1.29 is 32.8 Å². The van der Waals surface area contributed by atoms with Crippen LogP contribution in [-0.2, 0) is 9.53 Å².